The fourth-order valence-corrected chi connectivity index (χ4v) is 5.06. The van der Waals surface area contributed by atoms with Gasteiger partial charge in [-0.2, -0.15) is 4.31 Å². The Bertz CT molecular complexity index is 734. The number of hydrogen-bond acceptors (Lipinski definition) is 4. The minimum Gasteiger partial charge on any atom is -0.369 e. The molecule has 1 spiro atoms. The van der Waals surface area contributed by atoms with E-state index < -0.39 is 33.3 Å². The first-order chi connectivity index (χ1) is 10.3. The summed E-state index contributed by atoms with van der Waals surface area (Å²) in [7, 11) is -3.83. The summed E-state index contributed by atoms with van der Waals surface area (Å²) in [4.78, 5) is 23.2. The molecule has 2 amide bonds. The number of benzene rings is 1. The fourth-order valence-electron chi connectivity index (χ4n) is 3.35. The Hall–Kier alpha value is -1.93. The van der Waals surface area contributed by atoms with E-state index in [1.165, 1.54) is 12.1 Å². The maximum atomic E-state index is 12.7. The number of primary amides is 2. The zero-order chi connectivity index (χ0) is 16.1. The van der Waals surface area contributed by atoms with Crippen LogP contribution in [-0.4, -0.2) is 37.1 Å². The summed E-state index contributed by atoms with van der Waals surface area (Å²) in [5, 5.41) is 0. The number of carbonyl (C=O) groups is 2. The first-order valence-electron chi connectivity index (χ1n) is 6.93. The summed E-state index contributed by atoms with van der Waals surface area (Å²) < 4.78 is 26.6. The number of rotatable bonds is 4. The normalized spacial score (nSPS) is 31.3. The number of nitrogens with two attached hydrogens (primary N) is 2. The molecule has 7 nitrogen and oxygen atoms in total. The Morgan fingerprint density at radius 1 is 1.09 bits per heavy atom. The predicted octanol–water partition coefficient (Wildman–Crippen LogP) is -0.573. The molecule has 0 bridgehead atoms. The van der Waals surface area contributed by atoms with Gasteiger partial charge >= 0.3 is 0 Å². The largest absolute Gasteiger partial charge is 0.369 e. The van der Waals surface area contributed by atoms with Crippen LogP contribution in [-0.2, 0) is 19.6 Å². The van der Waals surface area contributed by atoms with Crippen LogP contribution in [0.1, 0.15) is 12.8 Å². The second kappa shape index (κ2) is 4.79. The van der Waals surface area contributed by atoms with Gasteiger partial charge in [-0.3, -0.25) is 9.59 Å². The lowest BCUT2D eigenvalue weighted by Crippen LogP contribution is -2.43. The van der Waals surface area contributed by atoms with Crippen molar-refractivity contribution >= 4 is 21.8 Å². The minimum atomic E-state index is -3.83. The van der Waals surface area contributed by atoms with Gasteiger partial charge in [0.05, 0.1) is 4.90 Å². The molecule has 3 unspecified atom stereocenters. The third-order valence-corrected chi connectivity index (χ3v) is 6.50. The molecule has 1 aliphatic carbocycles. The van der Waals surface area contributed by atoms with E-state index in [1.54, 1.807) is 18.2 Å². The predicted molar refractivity (Wildman–Crippen MR) is 77.7 cm³/mol. The molecule has 1 heterocycles. The summed E-state index contributed by atoms with van der Waals surface area (Å²) in [5.41, 5.74) is 10.2. The van der Waals surface area contributed by atoms with E-state index in [-0.39, 0.29) is 23.8 Å². The van der Waals surface area contributed by atoms with Crippen molar-refractivity contribution in [3.63, 3.8) is 0 Å². The molecule has 2 fully saturated rings. The Morgan fingerprint density at radius 3 is 2.23 bits per heavy atom. The summed E-state index contributed by atoms with van der Waals surface area (Å²) in [5.74, 6) is -1.54. The molecule has 1 aromatic carbocycles. The molecule has 3 atom stereocenters. The van der Waals surface area contributed by atoms with Crippen LogP contribution < -0.4 is 11.5 Å². The van der Waals surface area contributed by atoms with E-state index in [4.69, 9.17) is 11.5 Å². The smallest absolute Gasteiger partial charge is 0.243 e. The monoisotopic (exact) mass is 323 g/mol. The van der Waals surface area contributed by atoms with Gasteiger partial charge in [-0.25, -0.2) is 8.42 Å². The van der Waals surface area contributed by atoms with Crippen LogP contribution >= 0.6 is 0 Å². The van der Waals surface area contributed by atoms with Crippen molar-refractivity contribution in [2.45, 2.75) is 23.8 Å². The molecule has 1 aliphatic heterocycles. The van der Waals surface area contributed by atoms with E-state index >= 15 is 0 Å². The quantitative estimate of drug-likeness (QED) is 0.769. The van der Waals surface area contributed by atoms with E-state index in [9.17, 15) is 18.0 Å². The molecule has 2 aliphatic rings. The summed E-state index contributed by atoms with van der Waals surface area (Å²) >= 11 is 0. The standard InChI is InChI=1S/C14H17N3O4S/c15-12(18)10-6-14(10)7-11(13(16)19)17(8-14)22(20,21)9-4-2-1-3-5-9/h1-5,10-11H,6-8H2,(H2,15,18)(H2,16,19). The van der Waals surface area contributed by atoms with E-state index in [2.05, 4.69) is 0 Å². The maximum Gasteiger partial charge on any atom is 0.243 e. The highest BCUT2D eigenvalue weighted by atomic mass is 32.2. The molecule has 118 valence electrons. The second-order valence-corrected chi connectivity index (χ2v) is 7.90. The van der Waals surface area contributed by atoms with E-state index in [0.717, 1.165) is 4.31 Å². The van der Waals surface area contributed by atoms with Crippen LogP contribution in [0, 0.1) is 11.3 Å². The summed E-state index contributed by atoms with van der Waals surface area (Å²) in [6, 6.07) is 6.94. The Labute approximate surface area is 128 Å². The van der Waals surface area contributed by atoms with Gasteiger partial charge < -0.3 is 11.5 Å². The molecule has 1 saturated carbocycles. The summed E-state index contributed by atoms with van der Waals surface area (Å²) in [6.45, 7) is 0.103. The average molecular weight is 323 g/mol. The zero-order valence-corrected chi connectivity index (χ0v) is 12.6. The minimum absolute atomic E-state index is 0.103. The molecule has 22 heavy (non-hydrogen) atoms. The molecule has 0 radical (unpaired) electrons. The maximum absolute atomic E-state index is 12.7. The first-order valence-corrected chi connectivity index (χ1v) is 8.37. The fraction of sp³-hybridized carbons (Fsp3) is 0.429. The topological polar surface area (TPSA) is 124 Å². The number of sulfonamides is 1. The van der Waals surface area contributed by atoms with Gasteiger partial charge in [0, 0.05) is 12.5 Å². The van der Waals surface area contributed by atoms with Crippen molar-refractivity contribution in [2.24, 2.45) is 22.8 Å². The van der Waals surface area contributed by atoms with Crippen LogP contribution in [0.3, 0.4) is 0 Å². The first kappa shape index (κ1) is 15.0. The van der Waals surface area contributed by atoms with E-state index in [1.807, 2.05) is 0 Å². The lowest BCUT2D eigenvalue weighted by atomic mass is 9.99. The van der Waals surface area contributed by atoms with Gasteiger partial charge in [-0.05, 0) is 30.4 Å². The Kier molecular flexibility index (Phi) is 3.26. The molecule has 0 aromatic heterocycles. The number of carbonyl (C=O) groups excluding carboxylic acids is 2. The van der Waals surface area contributed by atoms with Crippen molar-refractivity contribution in [3.8, 4) is 0 Å². The third-order valence-electron chi connectivity index (χ3n) is 4.63. The van der Waals surface area contributed by atoms with Gasteiger partial charge in [0.25, 0.3) is 0 Å². The van der Waals surface area contributed by atoms with Gasteiger partial charge in [0.2, 0.25) is 21.8 Å². The van der Waals surface area contributed by atoms with Crippen molar-refractivity contribution in [1.82, 2.24) is 4.31 Å². The number of nitrogens with zero attached hydrogens (tertiary/aromatic N) is 1. The van der Waals surface area contributed by atoms with Gasteiger partial charge in [-0.1, -0.05) is 18.2 Å². The molecular weight excluding hydrogens is 306 g/mol. The second-order valence-electron chi connectivity index (χ2n) is 6.01. The average Bonchev–Trinajstić information content (AvgIpc) is 3.02. The van der Waals surface area contributed by atoms with Crippen LogP contribution in [0.15, 0.2) is 35.2 Å². The molecule has 1 aromatic rings. The Morgan fingerprint density at radius 2 is 1.73 bits per heavy atom. The van der Waals surface area contributed by atoms with Crippen molar-refractivity contribution in [1.29, 1.82) is 0 Å². The van der Waals surface area contributed by atoms with Gasteiger partial charge in [-0.15, -0.1) is 0 Å². The lowest BCUT2D eigenvalue weighted by Gasteiger charge is -2.21. The van der Waals surface area contributed by atoms with Crippen molar-refractivity contribution in [2.75, 3.05) is 6.54 Å². The van der Waals surface area contributed by atoms with Crippen molar-refractivity contribution < 1.29 is 18.0 Å². The van der Waals surface area contributed by atoms with Crippen molar-refractivity contribution in [3.05, 3.63) is 30.3 Å². The zero-order valence-electron chi connectivity index (χ0n) is 11.8. The molecule has 1 saturated heterocycles. The summed E-state index contributed by atoms with van der Waals surface area (Å²) in [6.07, 6.45) is 0.759. The molecule has 3 rings (SSSR count). The Balaban J connectivity index is 1.96. The van der Waals surface area contributed by atoms with Crippen LogP contribution in [0.4, 0.5) is 0 Å². The highest BCUT2D eigenvalue weighted by molar-refractivity contribution is 7.89. The molecular formula is C14H17N3O4S. The van der Waals surface area contributed by atoms with E-state index in [0.29, 0.717) is 6.42 Å². The van der Waals surface area contributed by atoms with Crippen LogP contribution in [0.5, 0.6) is 0 Å². The lowest BCUT2D eigenvalue weighted by molar-refractivity contribution is -0.121. The van der Waals surface area contributed by atoms with Crippen LogP contribution in [0.25, 0.3) is 0 Å². The van der Waals surface area contributed by atoms with Crippen LogP contribution in [0.2, 0.25) is 0 Å². The molecule has 8 heteroatoms. The highest BCUT2D eigenvalue weighted by Gasteiger charge is 2.65. The third kappa shape index (κ3) is 2.19. The SMILES string of the molecule is NC(=O)C1CC2(CC2C(N)=O)CN1S(=O)(=O)c1ccccc1. The number of amides is 2. The highest BCUT2D eigenvalue weighted by Crippen LogP contribution is 2.60. The number of hydrogen-bond donors (Lipinski definition) is 2. The van der Waals surface area contributed by atoms with Gasteiger partial charge in [0.15, 0.2) is 0 Å². The molecule has 4 N–H and O–H groups in total. The van der Waals surface area contributed by atoms with Gasteiger partial charge in [0.1, 0.15) is 6.04 Å².